The van der Waals surface area contributed by atoms with Crippen molar-refractivity contribution in [1.29, 1.82) is 0 Å². The highest BCUT2D eigenvalue weighted by atomic mass is 19.5. The van der Waals surface area contributed by atoms with Gasteiger partial charge in [-0.2, -0.15) is 26.3 Å². The van der Waals surface area contributed by atoms with E-state index in [4.69, 9.17) is 0 Å². The molecule has 0 aliphatic heterocycles. The van der Waals surface area contributed by atoms with Crippen LogP contribution in [0.2, 0.25) is 0 Å². The molecule has 0 unspecified atom stereocenters. The Morgan fingerprint density at radius 3 is 0.556 bits per heavy atom. The van der Waals surface area contributed by atoms with E-state index >= 15 is 0 Å². The van der Waals surface area contributed by atoms with Gasteiger partial charge in [0.15, 0.2) is 0 Å². The van der Waals surface area contributed by atoms with Gasteiger partial charge in [-0.25, -0.2) is 0 Å². The predicted octanol–water partition coefficient (Wildman–Crippen LogP) is 6.84. The molecule has 0 radical (unpaired) electrons. The molecule has 0 rings (SSSR count). The molecule has 1 nitrogen and oxygen atoms in total. The average molecular weight is 444 g/mol. The van der Waals surface area contributed by atoms with Crippen LogP contribution in [0.4, 0.5) is 60.9 Å². The highest BCUT2D eigenvalue weighted by molar-refractivity contribution is 6.50. The third-order valence-corrected chi connectivity index (χ3v) is 2.68. The van der Waals surface area contributed by atoms with Crippen LogP contribution in [0.5, 0.6) is 0 Å². The molecule has 0 aliphatic carbocycles. The quantitative estimate of drug-likeness (QED) is 0.253. The molecule has 0 atom stereocenters. The molecule has 0 aromatic heterocycles. The van der Waals surface area contributed by atoms with Crippen molar-refractivity contribution in [3.05, 3.63) is 0 Å². The smallest absolute Gasteiger partial charge is 0.418 e. The van der Waals surface area contributed by atoms with Crippen LogP contribution in [0.1, 0.15) is 27.7 Å². The zero-order valence-electron chi connectivity index (χ0n) is 14.9. The summed E-state index contributed by atoms with van der Waals surface area (Å²) in [6.07, 6.45) is 0. The Bertz CT molecular complexity index is 227. The highest BCUT2D eigenvalue weighted by Crippen LogP contribution is 2.07. The van der Waals surface area contributed by atoms with Crippen molar-refractivity contribution in [3.63, 3.8) is 0 Å². The van der Waals surface area contributed by atoms with Gasteiger partial charge in [0.2, 0.25) is 0 Å². The minimum atomic E-state index is -6.00. The third-order valence-electron chi connectivity index (χ3n) is 2.68. The van der Waals surface area contributed by atoms with E-state index in [9.17, 15) is 60.9 Å². The monoisotopic (exact) mass is 444 g/mol. The first kappa shape index (κ1) is 36.9. The molecule has 17 heteroatoms. The van der Waals surface area contributed by atoms with E-state index in [0.717, 1.165) is 0 Å². The lowest BCUT2D eigenvalue weighted by Gasteiger charge is -2.34. The number of rotatable bonds is 4. The van der Waals surface area contributed by atoms with Gasteiger partial charge >= 0.3 is 27.9 Å². The fraction of sp³-hybridized carbons (Fsp3) is 1.00. The second kappa shape index (κ2) is 19.9. The van der Waals surface area contributed by atoms with Gasteiger partial charge in [0.1, 0.15) is 0 Å². The Balaban J connectivity index is -0.0000000784. The van der Waals surface area contributed by atoms with Crippen molar-refractivity contribution in [3.8, 4) is 0 Å². The van der Waals surface area contributed by atoms with Gasteiger partial charge < -0.3 is 39.0 Å². The first-order valence-electron chi connectivity index (χ1n) is 7.15. The predicted molar refractivity (Wildman–Crippen MR) is 77.0 cm³/mol. The summed E-state index contributed by atoms with van der Waals surface area (Å²) in [5, 5.41) is 0. The third kappa shape index (κ3) is 109. The van der Waals surface area contributed by atoms with E-state index in [1.807, 2.05) is 0 Å². The van der Waals surface area contributed by atoms with Crippen LogP contribution in [-0.4, -0.2) is 58.5 Å². The van der Waals surface area contributed by atoms with Crippen molar-refractivity contribution >= 4 is 14.5 Å². The Labute approximate surface area is 148 Å². The fourth-order valence-corrected chi connectivity index (χ4v) is 1.34. The molecule has 172 valence electrons. The fourth-order valence-electron chi connectivity index (χ4n) is 1.34. The van der Waals surface area contributed by atoms with Crippen LogP contribution in [0.3, 0.4) is 0 Å². The summed E-state index contributed by atoms with van der Waals surface area (Å²) < 4.78 is 137. The number of alkyl halides is 6. The molecule has 0 aromatic rings. The van der Waals surface area contributed by atoms with Gasteiger partial charge in [0, 0.05) is 0 Å². The van der Waals surface area contributed by atoms with Crippen LogP contribution in [0.15, 0.2) is 0 Å². The maximum atomic E-state index is 9.75. The largest absolute Gasteiger partial charge is 0.673 e. The lowest BCUT2D eigenvalue weighted by atomic mass is 10.3. The molecule has 27 heavy (non-hydrogen) atoms. The van der Waals surface area contributed by atoms with Crippen molar-refractivity contribution in [2.24, 2.45) is 0 Å². The van der Waals surface area contributed by atoms with Gasteiger partial charge in [0.25, 0.3) is 0 Å². The van der Waals surface area contributed by atoms with Gasteiger partial charge in [-0.3, -0.25) is 0 Å². The van der Waals surface area contributed by atoms with Gasteiger partial charge in [0.05, 0.1) is 26.2 Å². The maximum absolute atomic E-state index is 9.75. The zero-order chi connectivity index (χ0) is 23.5. The molecular formula is C10H22B2F14N-. The van der Waals surface area contributed by atoms with Crippen molar-refractivity contribution < 1.29 is 65.4 Å². The molecule has 0 bridgehead atoms. The van der Waals surface area contributed by atoms with E-state index in [1.165, 1.54) is 30.7 Å². The molecule has 0 N–H and O–H groups in total. The molecule has 0 saturated heterocycles. The minimum Gasteiger partial charge on any atom is -0.418 e. The Kier molecular flexibility index (Phi) is 27.2. The number of hydrogen-bond donors (Lipinski definition) is 0. The van der Waals surface area contributed by atoms with Gasteiger partial charge in [-0.05, 0) is 27.7 Å². The van der Waals surface area contributed by atoms with Crippen molar-refractivity contribution in [2.75, 3.05) is 26.2 Å². The van der Waals surface area contributed by atoms with Gasteiger partial charge in [-0.1, -0.05) is 0 Å². The first-order chi connectivity index (χ1) is 11.7. The number of quaternary nitrogens is 1. The molecule has 0 spiro atoms. The number of halogens is 14. The summed E-state index contributed by atoms with van der Waals surface area (Å²) in [4.78, 5) is 0. The van der Waals surface area contributed by atoms with Gasteiger partial charge in [-0.15, -0.1) is 0 Å². The lowest BCUT2D eigenvalue weighted by Crippen LogP contribution is -2.47. The van der Waals surface area contributed by atoms with E-state index in [-0.39, 0.29) is 0 Å². The summed E-state index contributed by atoms with van der Waals surface area (Å²) in [5.41, 5.74) is 0. The molecule has 0 amide bonds. The highest BCUT2D eigenvalue weighted by Gasteiger charge is 2.21. The van der Waals surface area contributed by atoms with Crippen LogP contribution in [0, 0.1) is 0 Å². The molecule has 0 heterocycles. The average Bonchev–Trinajstić information content (AvgIpc) is 2.37. The SMILES string of the molecule is CC[N+](CC)(CC)CC.FC(F)F.FC(F)F.F[B-](F)(F)F.F[B-](F)(F)F. The summed E-state index contributed by atoms with van der Waals surface area (Å²) in [6.45, 7) is 6.89. The first-order valence-corrected chi connectivity index (χ1v) is 7.15. The standard InChI is InChI=1S/C8H20N.2CHF3.2BF4/c1-5-9(6-2,7-3)8-4;2*2-1(3)4;2*2-1(3,4)5/h5-8H2,1-4H3;2*1H;;/q+1;;;2*-1. The summed E-state index contributed by atoms with van der Waals surface area (Å²) in [6, 6.07) is 0. The maximum Gasteiger partial charge on any atom is 0.673 e. The lowest BCUT2D eigenvalue weighted by molar-refractivity contribution is -0.921. The second-order valence-electron chi connectivity index (χ2n) is 4.09. The van der Waals surface area contributed by atoms with Crippen LogP contribution in [-0.2, 0) is 0 Å². The number of nitrogens with zero attached hydrogens (tertiary/aromatic N) is 1. The van der Waals surface area contributed by atoms with Crippen LogP contribution in [0.25, 0.3) is 0 Å². The zero-order valence-corrected chi connectivity index (χ0v) is 14.9. The normalized spacial score (nSPS) is 11.1. The van der Waals surface area contributed by atoms with E-state index in [0.29, 0.717) is 0 Å². The number of hydrogen-bond acceptors (Lipinski definition) is 0. The van der Waals surface area contributed by atoms with Crippen molar-refractivity contribution in [1.82, 2.24) is 0 Å². The Morgan fingerprint density at radius 1 is 0.481 bits per heavy atom. The van der Waals surface area contributed by atoms with Crippen LogP contribution < -0.4 is 0 Å². The topological polar surface area (TPSA) is 0 Å². The van der Waals surface area contributed by atoms with E-state index in [2.05, 4.69) is 27.7 Å². The molecule has 0 fully saturated rings. The van der Waals surface area contributed by atoms with E-state index < -0.39 is 27.9 Å². The Morgan fingerprint density at radius 2 is 0.556 bits per heavy atom. The summed E-state index contributed by atoms with van der Waals surface area (Å²) >= 11 is 0. The van der Waals surface area contributed by atoms with E-state index in [1.54, 1.807) is 0 Å². The molecule has 0 saturated carbocycles. The summed E-state index contributed by atoms with van der Waals surface area (Å²) in [7, 11) is -12.0. The second-order valence-corrected chi connectivity index (χ2v) is 4.09. The summed E-state index contributed by atoms with van der Waals surface area (Å²) in [5.74, 6) is 0. The molecule has 0 aliphatic rings. The molecular weight excluding hydrogens is 422 g/mol. The Hall–Kier alpha value is -0.890. The van der Waals surface area contributed by atoms with Crippen LogP contribution >= 0.6 is 0 Å². The van der Waals surface area contributed by atoms with Crippen molar-refractivity contribution in [2.45, 2.75) is 41.1 Å². The minimum absolute atomic E-state index is 1.28. The molecule has 0 aromatic carbocycles.